The summed E-state index contributed by atoms with van der Waals surface area (Å²) < 4.78 is 10.5. The van der Waals surface area contributed by atoms with Crippen molar-refractivity contribution in [3.63, 3.8) is 0 Å². The van der Waals surface area contributed by atoms with Gasteiger partial charge in [0.2, 0.25) is 0 Å². The van der Waals surface area contributed by atoms with Crippen LogP contribution < -0.4 is 0 Å². The molecule has 8 heteroatoms. The third kappa shape index (κ3) is 9.33. The molecule has 6 N–H and O–H groups in total. The fourth-order valence-electron chi connectivity index (χ4n) is 1.47. The summed E-state index contributed by atoms with van der Waals surface area (Å²) in [6.45, 7) is 2.28. The first kappa shape index (κ1) is 20.7. The van der Waals surface area contributed by atoms with Crippen LogP contribution >= 0.6 is 0 Å². The van der Waals surface area contributed by atoms with Crippen molar-refractivity contribution in [3.05, 3.63) is 0 Å². The maximum Gasteiger partial charge on any atom is 0.156 e. The van der Waals surface area contributed by atoms with Gasteiger partial charge in [-0.25, -0.2) is 0 Å². The SMILES string of the molecule is CC(C)(O)O.OCC(CO)(CO)COCC1OCCC1O. The van der Waals surface area contributed by atoms with Gasteiger partial charge >= 0.3 is 0 Å². The summed E-state index contributed by atoms with van der Waals surface area (Å²) in [6, 6.07) is 0. The van der Waals surface area contributed by atoms with E-state index in [0.717, 1.165) is 0 Å². The van der Waals surface area contributed by atoms with Gasteiger partial charge in [-0.05, 0) is 20.3 Å². The summed E-state index contributed by atoms with van der Waals surface area (Å²) in [6.07, 6.45) is -0.278. The standard InChI is InChI=1S/C10H20O6.C3H8O2/c11-4-10(5-12,6-13)7-15-3-9-8(14)1-2-16-9;1-3(2,4)5/h8-9,11-14H,1-7H2;4-5H,1-2H3. The quantitative estimate of drug-likeness (QED) is 0.292. The van der Waals surface area contributed by atoms with E-state index in [9.17, 15) is 5.11 Å². The third-order valence-electron chi connectivity index (χ3n) is 2.87. The highest BCUT2D eigenvalue weighted by Crippen LogP contribution is 2.17. The Balaban J connectivity index is 0.000000690. The molecule has 0 aromatic rings. The molecule has 0 amide bonds. The van der Waals surface area contributed by atoms with Gasteiger partial charge < -0.3 is 40.1 Å². The average Bonchev–Trinajstić information content (AvgIpc) is 2.79. The Morgan fingerprint density at radius 2 is 1.57 bits per heavy atom. The van der Waals surface area contributed by atoms with Gasteiger partial charge in [-0.15, -0.1) is 0 Å². The molecule has 1 fully saturated rings. The summed E-state index contributed by atoms with van der Waals surface area (Å²) in [5.41, 5.74) is -1.02. The highest BCUT2D eigenvalue weighted by atomic mass is 16.5. The van der Waals surface area contributed by atoms with E-state index in [-0.39, 0.29) is 39.1 Å². The van der Waals surface area contributed by atoms with E-state index in [0.29, 0.717) is 13.0 Å². The molecule has 0 saturated carbocycles. The van der Waals surface area contributed by atoms with Gasteiger partial charge in [0.05, 0.1) is 44.6 Å². The number of ether oxygens (including phenoxy) is 2. The Morgan fingerprint density at radius 3 is 1.90 bits per heavy atom. The predicted molar refractivity (Wildman–Crippen MR) is 73.4 cm³/mol. The fourth-order valence-corrected chi connectivity index (χ4v) is 1.47. The van der Waals surface area contributed by atoms with Crippen molar-refractivity contribution >= 4 is 0 Å². The fraction of sp³-hybridized carbons (Fsp3) is 1.00. The molecule has 2 atom stereocenters. The topological polar surface area (TPSA) is 140 Å². The highest BCUT2D eigenvalue weighted by Gasteiger charge is 2.31. The smallest absolute Gasteiger partial charge is 0.156 e. The van der Waals surface area contributed by atoms with Gasteiger partial charge in [0.15, 0.2) is 5.79 Å². The predicted octanol–water partition coefficient (Wildman–Crippen LogP) is -2.18. The van der Waals surface area contributed by atoms with Crippen molar-refractivity contribution in [2.24, 2.45) is 5.41 Å². The lowest BCUT2D eigenvalue weighted by Crippen LogP contribution is -2.40. The molecule has 1 saturated heterocycles. The van der Waals surface area contributed by atoms with Crippen molar-refractivity contribution in [1.29, 1.82) is 0 Å². The maximum atomic E-state index is 9.44. The molecule has 128 valence electrons. The Bertz CT molecular complexity index is 247. The van der Waals surface area contributed by atoms with E-state index in [2.05, 4.69) is 0 Å². The van der Waals surface area contributed by atoms with Crippen molar-refractivity contribution in [2.45, 2.75) is 38.3 Å². The second-order valence-electron chi connectivity index (χ2n) is 5.75. The first-order valence-electron chi connectivity index (χ1n) is 6.82. The van der Waals surface area contributed by atoms with Crippen molar-refractivity contribution < 1.29 is 40.1 Å². The molecular weight excluding hydrogens is 284 g/mol. The molecule has 0 spiro atoms. The van der Waals surface area contributed by atoms with Crippen LogP contribution in [0.25, 0.3) is 0 Å². The van der Waals surface area contributed by atoms with Gasteiger partial charge in [0, 0.05) is 6.61 Å². The Labute approximate surface area is 124 Å². The molecule has 0 aromatic carbocycles. The minimum absolute atomic E-state index is 0.0308. The second-order valence-corrected chi connectivity index (χ2v) is 5.75. The Hall–Kier alpha value is -0.320. The zero-order valence-corrected chi connectivity index (χ0v) is 12.6. The molecule has 1 aliphatic heterocycles. The molecule has 0 radical (unpaired) electrons. The van der Waals surface area contributed by atoms with E-state index < -0.39 is 17.3 Å². The van der Waals surface area contributed by atoms with Crippen LogP contribution in [-0.4, -0.2) is 88.3 Å². The van der Waals surface area contributed by atoms with E-state index in [4.69, 9.17) is 35.0 Å². The van der Waals surface area contributed by atoms with E-state index in [1.54, 1.807) is 0 Å². The molecular formula is C13H28O8. The van der Waals surface area contributed by atoms with Crippen LogP contribution in [0, 0.1) is 5.41 Å². The van der Waals surface area contributed by atoms with Crippen LogP contribution in [0.1, 0.15) is 20.3 Å². The van der Waals surface area contributed by atoms with Crippen LogP contribution in [0.15, 0.2) is 0 Å². The number of aliphatic hydroxyl groups excluding tert-OH is 4. The van der Waals surface area contributed by atoms with Gasteiger partial charge in [-0.2, -0.15) is 0 Å². The normalized spacial score (nSPS) is 22.9. The first-order valence-corrected chi connectivity index (χ1v) is 6.82. The summed E-state index contributed by atoms with van der Waals surface area (Å²) in [4.78, 5) is 0. The first-order chi connectivity index (χ1) is 9.67. The maximum absolute atomic E-state index is 9.44. The van der Waals surface area contributed by atoms with Gasteiger partial charge in [0.1, 0.15) is 6.10 Å². The van der Waals surface area contributed by atoms with Crippen molar-refractivity contribution in [2.75, 3.05) is 39.6 Å². The minimum Gasteiger partial charge on any atom is -0.396 e. The summed E-state index contributed by atoms with van der Waals surface area (Å²) >= 11 is 0. The highest BCUT2D eigenvalue weighted by molar-refractivity contribution is 4.78. The molecule has 0 aromatic heterocycles. The lowest BCUT2D eigenvalue weighted by Gasteiger charge is -2.27. The Kier molecular flexibility index (Phi) is 9.50. The van der Waals surface area contributed by atoms with E-state index in [1.165, 1.54) is 13.8 Å². The molecule has 2 unspecified atom stereocenters. The Morgan fingerprint density at radius 1 is 1.10 bits per heavy atom. The van der Waals surface area contributed by atoms with E-state index in [1.807, 2.05) is 0 Å². The zero-order valence-electron chi connectivity index (χ0n) is 12.6. The molecule has 1 heterocycles. The summed E-state index contributed by atoms with van der Waals surface area (Å²) in [5, 5.41) is 52.7. The monoisotopic (exact) mass is 312 g/mol. The second kappa shape index (κ2) is 9.65. The third-order valence-corrected chi connectivity index (χ3v) is 2.87. The van der Waals surface area contributed by atoms with Crippen LogP contribution in [0.3, 0.4) is 0 Å². The molecule has 0 bridgehead atoms. The zero-order chi connectivity index (χ0) is 16.5. The lowest BCUT2D eigenvalue weighted by molar-refractivity contribution is -0.127. The van der Waals surface area contributed by atoms with Crippen LogP contribution in [0.4, 0.5) is 0 Å². The van der Waals surface area contributed by atoms with Crippen molar-refractivity contribution in [3.8, 4) is 0 Å². The van der Waals surface area contributed by atoms with Crippen LogP contribution in [-0.2, 0) is 9.47 Å². The number of aliphatic hydroxyl groups is 6. The van der Waals surface area contributed by atoms with E-state index >= 15 is 0 Å². The average molecular weight is 312 g/mol. The van der Waals surface area contributed by atoms with Crippen LogP contribution in [0.5, 0.6) is 0 Å². The molecule has 1 rings (SSSR count). The van der Waals surface area contributed by atoms with Gasteiger partial charge in [0.25, 0.3) is 0 Å². The van der Waals surface area contributed by atoms with Crippen molar-refractivity contribution in [1.82, 2.24) is 0 Å². The number of hydrogen-bond acceptors (Lipinski definition) is 8. The summed E-state index contributed by atoms with van der Waals surface area (Å²) in [5.74, 6) is -1.50. The molecule has 21 heavy (non-hydrogen) atoms. The van der Waals surface area contributed by atoms with Crippen LogP contribution in [0.2, 0.25) is 0 Å². The molecule has 1 aliphatic rings. The summed E-state index contributed by atoms with van der Waals surface area (Å²) in [7, 11) is 0. The van der Waals surface area contributed by atoms with Gasteiger partial charge in [-0.1, -0.05) is 0 Å². The molecule has 8 nitrogen and oxygen atoms in total. The number of rotatable bonds is 7. The largest absolute Gasteiger partial charge is 0.396 e. The molecule has 0 aliphatic carbocycles. The van der Waals surface area contributed by atoms with Gasteiger partial charge in [-0.3, -0.25) is 0 Å². The lowest BCUT2D eigenvalue weighted by atomic mass is 9.93. The minimum atomic E-state index is -1.50. The number of hydrogen-bond donors (Lipinski definition) is 6.